The summed E-state index contributed by atoms with van der Waals surface area (Å²) in [5.74, 6) is -0.503. The number of hydrogen-bond donors (Lipinski definition) is 2. The average molecular weight is 266 g/mol. The zero-order chi connectivity index (χ0) is 13.8. The minimum atomic E-state index is -0.678. The molecule has 19 heavy (non-hydrogen) atoms. The summed E-state index contributed by atoms with van der Waals surface area (Å²) >= 11 is 0. The average Bonchev–Trinajstić information content (AvgIpc) is 2.84. The van der Waals surface area contributed by atoms with E-state index in [0.717, 1.165) is 17.9 Å². The van der Waals surface area contributed by atoms with Crippen LogP contribution < -0.4 is 11.1 Å². The first-order chi connectivity index (χ1) is 9.06. The molecule has 0 aliphatic rings. The van der Waals surface area contributed by atoms with Crippen molar-refractivity contribution < 1.29 is 13.2 Å². The van der Waals surface area contributed by atoms with Gasteiger partial charge in [0.05, 0.1) is 6.26 Å². The van der Waals surface area contributed by atoms with E-state index in [9.17, 15) is 8.78 Å². The number of benzene rings is 1. The highest BCUT2D eigenvalue weighted by atomic mass is 19.1. The van der Waals surface area contributed by atoms with Crippen molar-refractivity contribution in [2.75, 3.05) is 11.1 Å². The standard InChI is InChI=1S/C14H16F2N2O/c1-9(4-5-11-3-2-6-19-11)18-14-12(15)7-10(17)8-13(14)16/h2-3,6-9,18H,4-5,17H2,1H3. The molecule has 0 aliphatic heterocycles. The summed E-state index contributed by atoms with van der Waals surface area (Å²) < 4.78 is 32.4. The Morgan fingerprint density at radius 3 is 2.58 bits per heavy atom. The summed E-state index contributed by atoms with van der Waals surface area (Å²) in [5, 5.41) is 2.82. The number of nitrogens with one attached hydrogen (secondary N) is 1. The molecule has 2 aromatic rings. The van der Waals surface area contributed by atoms with E-state index in [1.54, 1.807) is 6.26 Å². The van der Waals surface area contributed by atoms with Gasteiger partial charge in [0, 0.05) is 18.2 Å². The van der Waals surface area contributed by atoms with Crippen molar-refractivity contribution in [3.63, 3.8) is 0 Å². The minimum Gasteiger partial charge on any atom is -0.469 e. The Morgan fingerprint density at radius 1 is 1.32 bits per heavy atom. The second-order valence-electron chi connectivity index (χ2n) is 4.52. The molecule has 0 saturated carbocycles. The van der Waals surface area contributed by atoms with Crippen molar-refractivity contribution in [3.05, 3.63) is 47.9 Å². The Hall–Kier alpha value is -2.04. The Balaban J connectivity index is 1.97. The minimum absolute atomic E-state index is 0.0730. The molecule has 0 aliphatic carbocycles. The van der Waals surface area contributed by atoms with Crippen molar-refractivity contribution in [1.29, 1.82) is 0 Å². The first-order valence-corrected chi connectivity index (χ1v) is 6.09. The van der Waals surface area contributed by atoms with Crippen molar-refractivity contribution in [1.82, 2.24) is 0 Å². The lowest BCUT2D eigenvalue weighted by molar-refractivity contribution is 0.494. The van der Waals surface area contributed by atoms with Crippen LogP contribution in [0, 0.1) is 11.6 Å². The number of halogens is 2. The Labute approximate surface area is 110 Å². The first kappa shape index (κ1) is 13.4. The second kappa shape index (κ2) is 5.73. The molecule has 0 bridgehead atoms. The van der Waals surface area contributed by atoms with E-state index in [1.807, 2.05) is 19.1 Å². The van der Waals surface area contributed by atoms with Gasteiger partial charge in [0.2, 0.25) is 0 Å². The summed E-state index contributed by atoms with van der Waals surface area (Å²) in [6.45, 7) is 1.86. The third kappa shape index (κ3) is 3.47. The zero-order valence-corrected chi connectivity index (χ0v) is 10.6. The third-order valence-electron chi connectivity index (χ3n) is 2.86. The van der Waals surface area contributed by atoms with Crippen LogP contribution in [0.5, 0.6) is 0 Å². The fourth-order valence-electron chi connectivity index (χ4n) is 1.86. The van der Waals surface area contributed by atoms with Gasteiger partial charge in [-0.25, -0.2) is 8.78 Å². The molecule has 1 atom stereocenters. The van der Waals surface area contributed by atoms with Crippen LogP contribution in [0.25, 0.3) is 0 Å². The Bertz CT molecular complexity index is 517. The van der Waals surface area contributed by atoms with Crippen LogP contribution in [0.1, 0.15) is 19.1 Å². The summed E-state index contributed by atoms with van der Waals surface area (Å²) in [5.41, 5.74) is 5.30. The lowest BCUT2D eigenvalue weighted by Gasteiger charge is -2.16. The Morgan fingerprint density at radius 2 is 2.00 bits per heavy atom. The van der Waals surface area contributed by atoms with Crippen LogP contribution in [-0.2, 0) is 6.42 Å². The summed E-state index contributed by atoms with van der Waals surface area (Å²) in [7, 11) is 0. The van der Waals surface area contributed by atoms with Crippen LogP contribution in [0.3, 0.4) is 0 Å². The molecule has 102 valence electrons. The normalized spacial score (nSPS) is 12.4. The SMILES string of the molecule is CC(CCc1ccco1)Nc1c(F)cc(N)cc1F. The first-order valence-electron chi connectivity index (χ1n) is 6.09. The van der Waals surface area contributed by atoms with Gasteiger partial charge in [-0.3, -0.25) is 0 Å². The van der Waals surface area contributed by atoms with Gasteiger partial charge in [-0.15, -0.1) is 0 Å². The lowest BCUT2D eigenvalue weighted by atomic mass is 10.1. The van der Waals surface area contributed by atoms with Crippen LogP contribution in [0.15, 0.2) is 34.9 Å². The van der Waals surface area contributed by atoms with Crippen LogP contribution in [0.2, 0.25) is 0 Å². The molecular weight excluding hydrogens is 250 g/mol. The third-order valence-corrected chi connectivity index (χ3v) is 2.86. The quantitative estimate of drug-likeness (QED) is 0.813. The molecular formula is C14H16F2N2O. The number of nitrogens with two attached hydrogens (primary N) is 1. The molecule has 1 aromatic heterocycles. The van der Waals surface area contributed by atoms with Crippen molar-refractivity contribution >= 4 is 11.4 Å². The summed E-state index contributed by atoms with van der Waals surface area (Å²) in [6.07, 6.45) is 3.02. The monoisotopic (exact) mass is 266 g/mol. The smallest absolute Gasteiger partial charge is 0.151 e. The van der Waals surface area contributed by atoms with Crippen molar-refractivity contribution in [3.8, 4) is 0 Å². The van der Waals surface area contributed by atoms with E-state index in [0.29, 0.717) is 12.8 Å². The fourth-order valence-corrected chi connectivity index (χ4v) is 1.86. The van der Waals surface area contributed by atoms with Gasteiger partial charge in [0.1, 0.15) is 11.4 Å². The highest BCUT2D eigenvalue weighted by Crippen LogP contribution is 2.23. The summed E-state index contributed by atoms with van der Waals surface area (Å²) in [6, 6.07) is 5.80. The van der Waals surface area contributed by atoms with Gasteiger partial charge < -0.3 is 15.5 Å². The molecule has 3 N–H and O–H groups in total. The molecule has 0 radical (unpaired) electrons. The van der Waals surface area contributed by atoms with E-state index < -0.39 is 11.6 Å². The number of rotatable bonds is 5. The predicted molar refractivity (Wildman–Crippen MR) is 70.9 cm³/mol. The van der Waals surface area contributed by atoms with Crippen LogP contribution >= 0.6 is 0 Å². The topological polar surface area (TPSA) is 51.2 Å². The maximum atomic E-state index is 13.6. The number of nitrogen functional groups attached to an aromatic ring is 1. The lowest BCUT2D eigenvalue weighted by Crippen LogP contribution is -2.18. The number of anilines is 2. The van der Waals surface area contributed by atoms with Gasteiger partial charge in [-0.05, 0) is 37.6 Å². The number of hydrogen-bond acceptors (Lipinski definition) is 3. The van der Waals surface area contributed by atoms with Gasteiger partial charge in [-0.1, -0.05) is 0 Å². The van der Waals surface area contributed by atoms with E-state index in [-0.39, 0.29) is 17.4 Å². The number of aryl methyl sites for hydroxylation is 1. The second-order valence-corrected chi connectivity index (χ2v) is 4.52. The van der Waals surface area contributed by atoms with E-state index in [4.69, 9.17) is 10.2 Å². The van der Waals surface area contributed by atoms with Crippen LogP contribution in [-0.4, -0.2) is 6.04 Å². The molecule has 3 nitrogen and oxygen atoms in total. The van der Waals surface area contributed by atoms with E-state index in [2.05, 4.69) is 5.32 Å². The maximum absolute atomic E-state index is 13.6. The largest absolute Gasteiger partial charge is 0.469 e. The van der Waals surface area contributed by atoms with Crippen LogP contribution in [0.4, 0.5) is 20.2 Å². The van der Waals surface area contributed by atoms with Gasteiger partial charge in [-0.2, -0.15) is 0 Å². The molecule has 2 rings (SSSR count). The van der Waals surface area contributed by atoms with Crippen molar-refractivity contribution in [2.24, 2.45) is 0 Å². The van der Waals surface area contributed by atoms with E-state index >= 15 is 0 Å². The van der Waals surface area contributed by atoms with Gasteiger partial charge >= 0.3 is 0 Å². The van der Waals surface area contributed by atoms with Gasteiger partial charge in [0.15, 0.2) is 11.6 Å². The molecule has 1 unspecified atom stereocenters. The highest BCUT2D eigenvalue weighted by Gasteiger charge is 2.13. The highest BCUT2D eigenvalue weighted by molar-refractivity contribution is 5.54. The molecule has 5 heteroatoms. The van der Waals surface area contributed by atoms with E-state index in [1.165, 1.54) is 0 Å². The zero-order valence-electron chi connectivity index (χ0n) is 10.6. The van der Waals surface area contributed by atoms with Crippen molar-refractivity contribution in [2.45, 2.75) is 25.8 Å². The molecule has 0 fully saturated rings. The van der Waals surface area contributed by atoms with Gasteiger partial charge in [0.25, 0.3) is 0 Å². The Kier molecular flexibility index (Phi) is 4.04. The maximum Gasteiger partial charge on any atom is 0.151 e. The fraction of sp³-hybridized carbons (Fsp3) is 0.286. The molecule has 0 saturated heterocycles. The molecule has 1 aromatic carbocycles. The molecule has 0 spiro atoms. The molecule has 0 amide bonds. The summed E-state index contributed by atoms with van der Waals surface area (Å²) in [4.78, 5) is 0. The number of furan rings is 1. The predicted octanol–water partition coefficient (Wildman–Crippen LogP) is 3.57. The molecule has 1 heterocycles.